The molecule has 1 N–H and O–H groups in total. The average Bonchev–Trinajstić information content (AvgIpc) is 2.64. The summed E-state index contributed by atoms with van der Waals surface area (Å²) in [5.74, 6) is 0. The van der Waals surface area contributed by atoms with Crippen molar-refractivity contribution in [3.63, 3.8) is 0 Å². The fourth-order valence-electron chi connectivity index (χ4n) is 1.08. The van der Waals surface area contributed by atoms with E-state index in [0.717, 1.165) is 0 Å². The van der Waals surface area contributed by atoms with Crippen LogP contribution in [0.1, 0.15) is 5.56 Å². The number of aromatic amines is 1. The lowest BCUT2D eigenvalue weighted by atomic mass is 10.2. The van der Waals surface area contributed by atoms with Crippen molar-refractivity contribution in [2.75, 3.05) is 0 Å². The SMILES string of the molecule is S=c1[nH]ncn1/N=C\c1c(Cl)cccc1Cl. The van der Waals surface area contributed by atoms with Crippen LogP contribution in [0.3, 0.4) is 0 Å². The van der Waals surface area contributed by atoms with Gasteiger partial charge in [0.2, 0.25) is 4.77 Å². The Balaban J connectivity index is 2.38. The van der Waals surface area contributed by atoms with Gasteiger partial charge in [-0.05, 0) is 24.4 Å². The van der Waals surface area contributed by atoms with E-state index < -0.39 is 0 Å². The normalized spacial score (nSPS) is 11.1. The van der Waals surface area contributed by atoms with Gasteiger partial charge in [-0.25, -0.2) is 0 Å². The van der Waals surface area contributed by atoms with E-state index in [0.29, 0.717) is 20.4 Å². The summed E-state index contributed by atoms with van der Waals surface area (Å²) in [5.41, 5.74) is 0.647. The molecule has 0 fully saturated rings. The molecular weight excluding hydrogens is 267 g/mol. The van der Waals surface area contributed by atoms with Gasteiger partial charge < -0.3 is 0 Å². The number of rotatable bonds is 2. The highest BCUT2D eigenvalue weighted by atomic mass is 35.5. The van der Waals surface area contributed by atoms with Crippen molar-refractivity contribution in [2.24, 2.45) is 5.10 Å². The van der Waals surface area contributed by atoms with E-state index in [-0.39, 0.29) is 0 Å². The van der Waals surface area contributed by atoms with Crippen LogP contribution in [0, 0.1) is 4.77 Å². The van der Waals surface area contributed by atoms with Gasteiger partial charge in [0.1, 0.15) is 6.33 Å². The van der Waals surface area contributed by atoms with E-state index in [9.17, 15) is 0 Å². The zero-order valence-electron chi connectivity index (χ0n) is 7.89. The summed E-state index contributed by atoms with van der Waals surface area (Å²) >= 11 is 16.9. The monoisotopic (exact) mass is 272 g/mol. The largest absolute Gasteiger partial charge is 0.250 e. The molecule has 82 valence electrons. The number of hydrogen-bond donors (Lipinski definition) is 1. The minimum Gasteiger partial charge on any atom is -0.250 e. The number of H-pyrrole nitrogens is 1. The number of halogens is 2. The van der Waals surface area contributed by atoms with Crippen LogP contribution in [0.5, 0.6) is 0 Å². The third kappa shape index (κ3) is 2.32. The lowest BCUT2D eigenvalue weighted by Gasteiger charge is -1.99. The summed E-state index contributed by atoms with van der Waals surface area (Å²) in [6.07, 6.45) is 3.00. The summed E-state index contributed by atoms with van der Waals surface area (Å²) in [7, 11) is 0. The van der Waals surface area contributed by atoms with E-state index in [1.54, 1.807) is 18.2 Å². The second kappa shape index (κ2) is 4.78. The molecule has 0 bridgehead atoms. The van der Waals surface area contributed by atoms with Crippen molar-refractivity contribution in [1.82, 2.24) is 14.9 Å². The molecule has 0 aliphatic heterocycles. The number of benzene rings is 1. The van der Waals surface area contributed by atoms with Crippen molar-refractivity contribution in [3.05, 3.63) is 44.9 Å². The molecule has 0 radical (unpaired) electrons. The molecule has 0 saturated carbocycles. The summed E-state index contributed by atoms with van der Waals surface area (Å²) in [5, 5.41) is 11.5. The Hall–Kier alpha value is -1.17. The van der Waals surface area contributed by atoms with Crippen LogP contribution in [0.15, 0.2) is 29.6 Å². The third-order valence-corrected chi connectivity index (χ3v) is 2.78. The standard InChI is InChI=1S/C9H6Cl2N4S/c10-7-2-1-3-8(11)6(7)4-13-15-5-12-14-9(15)16/h1-5H,(H,14,16)/b13-4-. The molecule has 7 heteroatoms. The van der Waals surface area contributed by atoms with E-state index in [1.165, 1.54) is 17.2 Å². The Labute approximate surface area is 107 Å². The number of nitrogens with one attached hydrogen (secondary N) is 1. The second-order valence-electron chi connectivity index (χ2n) is 2.89. The molecular formula is C9H6Cl2N4S. The third-order valence-electron chi connectivity index (χ3n) is 1.85. The average molecular weight is 273 g/mol. The van der Waals surface area contributed by atoms with Crippen LogP contribution in [-0.4, -0.2) is 21.1 Å². The molecule has 0 saturated heterocycles. The highest BCUT2D eigenvalue weighted by molar-refractivity contribution is 7.71. The molecule has 4 nitrogen and oxygen atoms in total. The molecule has 1 aromatic heterocycles. The van der Waals surface area contributed by atoms with E-state index in [4.69, 9.17) is 35.4 Å². The maximum atomic E-state index is 5.98. The zero-order chi connectivity index (χ0) is 11.5. The highest BCUT2D eigenvalue weighted by Crippen LogP contribution is 2.22. The van der Waals surface area contributed by atoms with Crippen molar-refractivity contribution in [2.45, 2.75) is 0 Å². The molecule has 2 aromatic rings. The van der Waals surface area contributed by atoms with Crippen molar-refractivity contribution >= 4 is 41.6 Å². The van der Waals surface area contributed by atoms with Crippen LogP contribution in [-0.2, 0) is 0 Å². The second-order valence-corrected chi connectivity index (χ2v) is 4.09. The van der Waals surface area contributed by atoms with Crippen LogP contribution < -0.4 is 0 Å². The van der Waals surface area contributed by atoms with E-state index in [2.05, 4.69) is 15.3 Å². The lowest BCUT2D eigenvalue weighted by molar-refractivity contribution is 0.863. The van der Waals surface area contributed by atoms with Gasteiger partial charge in [-0.15, -0.1) is 0 Å². The molecule has 0 atom stereocenters. The molecule has 2 rings (SSSR count). The Bertz CT molecular complexity index is 567. The zero-order valence-corrected chi connectivity index (χ0v) is 10.2. The van der Waals surface area contributed by atoms with Gasteiger partial charge in [0.25, 0.3) is 0 Å². The summed E-state index contributed by atoms with van der Waals surface area (Å²) < 4.78 is 1.81. The van der Waals surface area contributed by atoms with Crippen molar-refractivity contribution in [3.8, 4) is 0 Å². The fourth-order valence-corrected chi connectivity index (χ4v) is 1.72. The molecule has 0 aliphatic rings. The van der Waals surface area contributed by atoms with Gasteiger partial charge in [-0.2, -0.15) is 14.9 Å². The van der Waals surface area contributed by atoms with Gasteiger partial charge in [0.15, 0.2) is 0 Å². The van der Waals surface area contributed by atoms with E-state index in [1.807, 2.05) is 0 Å². The van der Waals surface area contributed by atoms with Crippen molar-refractivity contribution < 1.29 is 0 Å². The molecule has 0 amide bonds. The van der Waals surface area contributed by atoms with Crippen LogP contribution in [0.4, 0.5) is 0 Å². The fraction of sp³-hybridized carbons (Fsp3) is 0. The predicted octanol–water partition coefficient (Wildman–Crippen LogP) is 3.13. The topological polar surface area (TPSA) is 46.0 Å². The predicted molar refractivity (Wildman–Crippen MR) is 66.9 cm³/mol. The Morgan fingerprint density at radius 3 is 2.62 bits per heavy atom. The first kappa shape index (κ1) is 11.3. The van der Waals surface area contributed by atoms with Gasteiger partial charge in [-0.1, -0.05) is 29.3 Å². The van der Waals surface area contributed by atoms with Crippen LogP contribution in [0.2, 0.25) is 10.0 Å². The van der Waals surface area contributed by atoms with Crippen LogP contribution >= 0.6 is 35.4 Å². The highest BCUT2D eigenvalue weighted by Gasteiger charge is 2.01. The van der Waals surface area contributed by atoms with Crippen LogP contribution in [0.25, 0.3) is 0 Å². The Morgan fingerprint density at radius 1 is 1.38 bits per heavy atom. The Morgan fingerprint density at radius 2 is 2.06 bits per heavy atom. The van der Waals surface area contributed by atoms with E-state index >= 15 is 0 Å². The van der Waals surface area contributed by atoms with Gasteiger partial charge >= 0.3 is 0 Å². The van der Waals surface area contributed by atoms with Crippen molar-refractivity contribution in [1.29, 1.82) is 0 Å². The number of aromatic nitrogens is 3. The Kier molecular flexibility index (Phi) is 3.38. The first-order valence-corrected chi connectivity index (χ1v) is 5.45. The quantitative estimate of drug-likeness (QED) is 0.675. The minimum atomic E-state index is 0.402. The maximum absolute atomic E-state index is 5.98. The summed E-state index contributed by atoms with van der Waals surface area (Å²) in [6, 6.07) is 5.25. The first-order valence-electron chi connectivity index (χ1n) is 4.29. The smallest absolute Gasteiger partial charge is 0.216 e. The first-order chi connectivity index (χ1) is 7.68. The van der Waals surface area contributed by atoms with Gasteiger partial charge in [0.05, 0.1) is 16.3 Å². The molecule has 0 spiro atoms. The molecule has 16 heavy (non-hydrogen) atoms. The molecule has 0 aliphatic carbocycles. The van der Waals surface area contributed by atoms with Gasteiger partial charge in [0, 0.05) is 5.56 Å². The minimum absolute atomic E-state index is 0.402. The molecule has 1 heterocycles. The molecule has 1 aromatic carbocycles. The molecule has 0 unspecified atom stereocenters. The lowest BCUT2D eigenvalue weighted by Crippen LogP contribution is -1.90. The van der Waals surface area contributed by atoms with Gasteiger partial charge in [-0.3, -0.25) is 5.10 Å². The summed E-state index contributed by atoms with van der Waals surface area (Å²) in [6.45, 7) is 0. The number of nitrogens with zero attached hydrogens (tertiary/aromatic N) is 3. The summed E-state index contributed by atoms with van der Waals surface area (Å²) in [4.78, 5) is 0. The number of hydrogen-bond acceptors (Lipinski definition) is 3. The maximum Gasteiger partial charge on any atom is 0.216 e.